The lowest BCUT2D eigenvalue weighted by Gasteiger charge is -2.36. The van der Waals surface area contributed by atoms with E-state index in [9.17, 15) is 9.59 Å². The Bertz CT molecular complexity index is 540. The monoisotopic (exact) mass is 354 g/mol. The Kier molecular flexibility index (Phi) is 8.01. The summed E-state index contributed by atoms with van der Waals surface area (Å²) in [4.78, 5) is 29.5. The SMILES string of the molecule is CC(=O)c1ccc(N2CCN(C(=O)NCCN(C)C)CC2)cc1.Cl. The maximum absolute atomic E-state index is 12.1. The second kappa shape index (κ2) is 9.49. The van der Waals surface area contributed by atoms with Crippen LogP contribution in [-0.2, 0) is 0 Å². The number of Topliss-reactive ketones (excluding diaryl/α,β-unsaturated/α-hetero) is 1. The Morgan fingerprint density at radius 1 is 1.08 bits per heavy atom. The number of ketones is 1. The van der Waals surface area contributed by atoms with Crippen LogP contribution in [0.4, 0.5) is 10.5 Å². The minimum Gasteiger partial charge on any atom is -0.368 e. The smallest absolute Gasteiger partial charge is 0.317 e. The van der Waals surface area contributed by atoms with Crippen LogP contribution in [0, 0.1) is 0 Å². The maximum atomic E-state index is 12.1. The quantitative estimate of drug-likeness (QED) is 0.818. The molecule has 134 valence electrons. The van der Waals surface area contributed by atoms with E-state index in [2.05, 4.69) is 10.2 Å². The Hall–Kier alpha value is -1.79. The summed E-state index contributed by atoms with van der Waals surface area (Å²) in [7, 11) is 3.98. The van der Waals surface area contributed by atoms with Crippen LogP contribution in [0.5, 0.6) is 0 Å². The number of hydrogen-bond acceptors (Lipinski definition) is 4. The highest BCUT2D eigenvalue weighted by molar-refractivity contribution is 5.94. The Morgan fingerprint density at radius 2 is 1.67 bits per heavy atom. The van der Waals surface area contributed by atoms with Crippen molar-refractivity contribution in [2.24, 2.45) is 0 Å². The molecule has 7 heteroatoms. The standard InChI is InChI=1S/C17H26N4O2.ClH/c1-14(22)15-4-6-16(7-5-15)20-10-12-21(13-11-20)17(23)18-8-9-19(2)3;/h4-7H,8-13H2,1-3H3,(H,18,23);1H. The fraction of sp³-hybridized carbons (Fsp3) is 0.529. The number of nitrogens with zero attached hydrogens (tertiary/aromatic N) is 3. The molecule has 24 heavy (non-hydrogen) atoms. The topological polar surface area (TPSA) is 55.9 Å². The second-order valence-electron chi connectivity index (χ2n) is 6.11. The van der Waals surface area contributed by atoms with Gasteiger partial charge < -0.3 is 20.0 Å². The molecule has 0 spiro atoms. The first-order valence-electron chi connectivity index (χ1n) is 8.01. The van der Waals surface area contributed by atoms with Crippen molar-refractivity contribution in [1.82, 2.24) is 15.1 Å². The minimum absolute atomic E-state index is 0. The van der Waals surface area contributed by atoms with Crippen molar-refractivity contribution in [2.45, 2.75) is 6.92 Å². The van der Waals surface area contributed by atoms with E-state index in [0.717, 1.165) is 30.9 Å². The van der Waals surface area contributed by atoms with Gasteiger partial charge in [-0.05, 0) is 45.3 Å². The van der Waals surface area contributed by atoms with Gasteiger partial charge in [-0.2, -0.15) is 0 Å². The summed E-state index contributed by atoms with van der Waals surface area (Å²) in [5, 5.41) is 2.95. The van der Waals surface area contributed by atoms with Crippen LogP contribution in [0.3, 0.4) is 0 Å². The number of benzene rings is 1. The number of hydrogen-bond donors (Lipinski definition) is 1. The molecule has 0 saturated carbocycles. The van der Waals surface area contributed by atoms with Gasteiger partial charge in [-0.15, -0.1) is 12.4 Å². The number of halogens is 1. The molecule has 0 radical (unpaired) electrons. The number of piperazine rings is 1. The highest BCUT2D eigenvalue weighted by Crippen LogP contribution is 2.17. The van der Waals surface area contributed by atoms with E-state index in [1.165, 1.54) is 0 Å². The lowest BCUT2D eigenvalue weighted by molar-refractivity contribution is 0.101. The first kappa shape index (κ1) is 20.3. The predicted octanol–water partition coefficient (Wildman–Crippen LogP) is 1.70. The van der Waals surface area contributed by atoms with Gasteiger partial charge in [0.2, 0.25) is 0 Å². The van der Waals surface area contributed by atoms with Gasteiger partial charge in [0, 0.05) is 50.5 Å². The van der Waals surface area contributed by atoms with E-state index < -0.39 is 0 Å². The van der Waals surface area contributed by atoms with Crippen LogP contribution >= 0.6 is 12.4 Å². The lowest BCUT2D eigenvalue weighted by Crippen LogP contribution is -2.52. The molecular formula is C17H27ClN4O2. The number of anilines is 1. The van der Waals surface area contributed by atoms with Crippen LogP contribution < -0.4 is 10.2 Å². The molecule has 0 aromatic heterocycles. The van der Waals surface area contributed by atoms with Crippen molar-refractivity contribution < 1.29 is 9.59 Å². The molecule has 1 fully saturated rings. The van der Waals surface area contributed by atoms with E-state index in [4.69, 9.17) is 0 Å². The van der Waals surface area contributed by atoms with Crippen molar-refractivity contribution in [3.63, 3.8) is 0 Å². The summed E-state index contributed by atoms with van der Waals surface area (Å²) in [5.74, 6) is 0.0794. The summed E-state index contributed by atoms with van der Waals surface area (Å²) < 4.78 is 0. The molecule has 0 unspecified atom stereocenters. The van der Waals surface area contributed by atoms with Crippen LogP contribution in [0.15, 0.2) is 24.3 Å². The van der Waals surface area contributed by atoms with Gasteiger partial charge in [-0.25, -0.2) is 4.79 Å². The number of nitrogens with one attached hydrogen (secondary N) is 1. The van der Waals surface area contributed by atoms with Crippen LogP contribution in [0.25, 0.3) is 0 Å². The number of carbonyl (C=O) groups is 2. The zero-order valence-corrected chi connectivity index (χ0v) is 15.4. The van der Waals surface area contributed by atoms with Crippen molar-refractivity contribution in [1.29, 1.82) is 0 Å². The van der Waals surface area contributed by atoms with Gasteiger partial charge >= 0.3 is 6.03 Å². The van der Waals surface area contributed by atoms with E-state index in [1.807, 2.05) is 48.2 Å². The van der Waals surface area contributed by atoms with Gasteiger partial charge in [0.25, 0.3) is 0 Å². The molecule has 1 aliphatic rings. The molecule has 1 heterocycles. The molecule has 0 bridgehead atoms. The maximum Gasteiger partial charge on any atom is 0.317 e. The summed E-state index contributed by atoms with van der Waals surface area (Å²) in [6.07, 6.45) is 0. The Balaban J connectivity index is 0.00000288. The van der Waals surface area contributed by atoms with E-state index >= 15 is 0 Å². The first-order valence-corrected chi connectivity index (χ1v) is 8.01. The third-order valence-electron chi connectivity index (χ3n) is 4.04. The number of carbonyl (C=O) groups excluding carboxylic acids is 2. The van der Waals surface area contributed by atoms with Crippen LogP contribution in [0.2, 0.25) is 0 Å². The van der Waals surface area contributed by atoms with Gasteiger partial charge in [0.05, 0.1) is 0 Å². The summed E-state index contributed by atoms with van der Waals surface area (Å²) in [5.41, 5.74) is 1.83. The van der Waals surface area contributed by atoms with Crippen molar-refractivity contribution in [3.05, 3.63) is 29.8 Å². The molecule has 1 aromatic rings. The summed E-state index contributed by atoms with van der Waals surface area (Å²) in [6, 6.07) is 7.68. The molecular weight excluding hydrogens is 328 g/mol. The zero-order valence-electron chi connectivity index (χ0n) is 14.6. The molecule has 1 aliphatic heterocycles. The molecule has 1 aromatic carbocycles. The average molecular weight is 355 g/mol. The number of rotatable bonds is 5. The van der Waals surface area contributed by atoms with E-state index in [0.29, 0.717) is 19.6 Å². The molecule has 0 aliphatic carbocycles. The summed E-state index contributed by atoms with van der Waals surface area (Å²) in [6.45, 7) is 6.11. The van der Waals surface area contributed by atoms with Crippen molar-refractivity contribution >= 4 is 29.9 Å². The third kappa shape index (κ3) is 5.69. The lowest BCUT2D eigenvalue weighted by atomic mass is 10.1. The molecule has 2 rings (SSSR count). The van der Waals surface area contributed by atoms with E-state index in [-0.39, 0.29) is 24.2 Å². The Morgan fingerprint density at radius 3 is 2.17 bits per heavy atom. The zero-order chi connectivity index (χ0) is 16.8. The van der Waals surface area contributed by atoms with Crippen molar-refractivity contribution in [2.75, 3.05) is 58.3 Å². The molecule has 6 nitrogen and oxygen atoms in total. The van der Waals surface area contributed by atoms with Gasteiger partial charge in [-0.1, -0.05) is 0 Å². The molecule has 2 amide bonds. The molecule has 1 saturated heterocycles. The minimum atomic E-state index is 0. The normalized spacial score (nSPS) is 14.3. The van der Waals surface area contributed by atoms with Crippen molar-refractivity contribution in [3.8, 4) is 0 Å². The third-order valence-corrected chi connectivity index (χ3v) is 4.04. The van der Waals surface area contributed by atoms with E-state index in [1.54, 1.807) is 6.92 Å². The van der Waals surface area contributed by atoms with Crippen LogP contribution in [0.1, 0.15) is 17.3 Å². The average Bonchev–Trinajstić information content (AvgIpc) is 2.54. The fourth-order valence-corrected chi connectivity index (χ4v) is 2.57. The highest BCUT2D eigenvalue weighted by Gasteiger charge is 2.21. The summed E-state index contributed by atoms with van der Waals surface area (Å²) >= 11 is 0. The predicted molar refractivity (Wildman–Crippen MR) is 99.4 cm³/mol. The largest absolute Gasteiger partial charge is 0.368 e. The highest BCUT2D eigenvalue weighted by atomic mass is 35.5. The van der Waals surface area contributed by atoms with Crippen LogP contribution in [-0.4, -0.2) is 75.0 Å². The number of likely N-dealkylation sites (N-methyl/N-ethyl adjacent to an activating group) is 1. The molecule has 0 atom stereocenters. The fourth-order valence-electron chi connectivity index (χ4n) is 2.57. The van der Waals surface area contributed by atoms with Gasteiger partial charge in [-0.3, -0.25) is 4.79 Å². The van der Waals surface area contributed by atoms with Gasteiger partial charge in [0.15, 0.2) is 5.78 Å². The number of urea groups is 1. The Labute approximate surface area is 150 Å². The van der Waals surface area contributed by atoms with Gasteiger partial charge in [0.1, 0.15) is 0 Å². The molecule has 1 N–H and O–H groups in total. The second-order valence-corrected chi connectivity index (χ2v) is 6.11. The number of amides is 2. The first-order chi connectivity index (χ1) is 11.0.